The van der Waals surface area contributed by atoms with Crippen molar-refractivity contribution in [3.8, 4) is 16.3 Å². The molecule has 40 heavy (non-hydrogen) atoms. The Kier molecular flexibility index (Phi) is 9.73. The molecule has 0 atom stereocenters. The summed E-state index contributed by atoms with van der Waals surface area (Å²) in [7, 11) is -2.35. The molecular formula is C25H27F3N4O6S2. The second-order valence-corrected chi connectivity index (χ2v) is 11.5. The molecule has 2 heterocycles. The maximum Gasteiger partial charge on any atom is 0.490 e. The molecule has 3 aromatic rings. The molecule has 15 heteroatoms. The number of benzene rings is 1. The van der Waals surface area contributed by atoms with Crippen molar-refractivity contribution in [3.63, 3.8) is 0 Å². The van der Waals surface area contributed by atoms with Crippen LogP contribution in [0.4, 0.5) is 24.0 Å². The zero-order valence-electron chi connectivity index (χ0n) is 21.7. The number of halogens is 3. The van der Waals surface area contributed by atoms with E-state index in [4.69, 9.17) is 14.6 Å². The van der Waals surface area contributed by atoms with Gasteiger partial charge >= 0.3 is 12.1 Å². The van der Waals surface area contributed by atoms with Crippen LogP contribution in [0.2, 0.25) is 0 Å². The van der Waals surface area contributed by atoms with Gasteiger partial charge in [-0.25, -0.2) is 23.2 Å². The normalized spacial score (nSPS) is 13.8. The van der Waals surface area contributed by atoms with Crippen LogP contribution in [0.1, 0.15) is 36.9 Å². The van der Waals surface area contributed by atoms with Gasteiger partial charge in [-0.1, -0.05) is 36.3 Å². The molecule has 3 N–H and O–H groups in total. The van der Waals surface area contributed by atoms with Crippen LogP contribution < -0.4 is 14.8 Å². The zero-order chi connectivity index (χ0) is 29.7. The number of aliphatic carboxylic acids is 1. The largest absolute Gasteiger partial charge is 0.490 e. The van der Waals surface area contributed by atoms with Crippen molar-refractivity contribution in [3.05, 3.63) is 47.8 Å². The summed E-state index contributed by atoms with van der Waals surface area (Å²) in [5.74, 6) is -2.30. The SMILES string of the molecule is COc1ccc(NS(=O)(=O)c2cc(-c3sc(NC(=O)C4CCCC4)nc3C)ccc2C)cn1.O=C(O)C(F)(F)F. The number of carboxylic acids is 1. The molecule has 216 valence electrons. The standard InChI is InChI=1S/C23H26N4O4S2.C2HF3O2/c1-14-8-9-17(12-19(14)33(29,30)27-18-10-11-20(31-3)24-13-18)21-15(2)25-23(32-21)26-22(28)16-6-4-5-7-16;3-2(4,5)1(6)7/h8-13,16,27H,4-7H2,1-3H3,(H,25,26,28);(H,6,7). The fourth-order valence-electron chi connectivity index (χ4n) is 3.92. The first kappa shape index (κ1) is 30.8. The number of ether oxygens (including phenoxy) is 1. The summed E-state index contributed by atoms with van der Waals surface area (Å²) in [5.41, 5.74) is 2.42. The van der Waals surface area contributed by atoms with Gasteiger partial charge in [0.2, 0.25) is 11.8 Å². The van der Waals surface area contributed by atoms with Crippen molar-refractivity contribution >= 4 is 44.1 Å². The highest BCUT2D eigenvalue weighted by atomic mass is 32.2. The van der Waals surface area contributed by atoms with Crippen LogP contribution in [0.5, 0.6) is 5.88 Å². The van der Waals surface area contributed by atoms with E-state index in [1.807, 2.05) is 13.0 Å². The highest BCUT2D eigenvalue weighted by Crippen LogP contribution is 2.36. The first-order valence-electron chi connectivity index (χ1n) is 11.9. The smallest absolute Gasteiger partial charge is 0.481 e. The lowest BCUT2D eigenvalue weighted by molar-refractivity contribution is -0.192. The maximum absolute atomic E-state index is 13.1. The van der Waals surface area contributed by atoms with Gasteiger partial charge in [0, 0.05) is 12.0 Å². The number of aromatic nitrogens is 2. The summed E-state index contributed by atoms with van der Waals surface area (Å²) in [6, 6.07) is 8.45. The molecular weight excluding hydrogens is 573 g/mol. The fraction of sp³-hybridized carbons (Fsp3) is 0.360. The van der Waals surface area contributed by atoms with Crippen LogP contribution in [-0.2, 0) is 19.6 Å². The predicted octanol–water partition coefficient (Wildman–Crippen LogP) is 5.39. The van der Waals surface area contributed by atoms with Gasteiger partial charge in [-0.15, -0.1) is 0 Å². The summed E-state index contributed by atoms with van der Waals surface area (Å²) in [6.45, 7) is 3.60. The third kappa shape index (κ3) is 7.91. The van der Waals surface area contributed by atoms with E-state index in [1.54, 1.807) is 31.2 Å². The molecule has 0 bridgehead atoms. The van der Waals surface area contributed by atoms with E-state index in [0.717, 1.165) is 41.8 Å². The van der Waals surface area contributed by atoms with Crippen molar-refractivity contribution in [1.82, 2.24) is 9.97 Å². The molecule has 0 aliphatic heterocycles. The van der Waals surface area contributed by atoms with Crippen molar-refractivity contribution in [2.75, 3.05) is 17.1 Å². The number of aryl methyl sites for hydroxylation is 2. The summed E-state index contributed by atoms with van der Waals surface area (Å²) in [4.78, 5) is 30.9. The summed E-state index contributed by atoms with van der Waals surface area (Å²) >= 11 is 1.35. The van der Waals surface area contributed by atoms with Crippen molar-refractivity contribution in [2.45, 2.75) is 50.6 Å². The highest BCUT2D eigenvalue weighted by Gasteiger charge is 2.38. The molecule has 1 fully saturated rings. The highest BCUT2D eigenvalue weighted by molar-refractivity contribution is 7.92. The van der Waals surface area contributed by atoms with E-state index in [1.165, 1.54) is 24.6 Å². The minimum Gasteiger partial charge on any atom is -0.481 e. The number of amides is 1. The number of sulfonamides is 1. The number of carboxylic acid groups (broad SMARTS) is 1. The Morgan fingerprint density at radius 1 is 1.12 bits per heavy atom. The molecule has 1 amide bonds. The molecule has 1 aromatic carbocycles. The minimum atomic E-state index is -5.08. The lowest BCUT2D eigenvalue weighted by atomic mass is 10.1. The van der Waals surface area contributed by atoms with Crippen LogP contribution in [0.15, 0.2) is 41.4 Å². The van der Waals surface area contributed by atoms with Crippen molar-refractivity contribution in [1.29, 1.82) is 0 Å². The lowest BCUT2D eigenvalue weighted by Crippen LogP contribution is -2.21. The molecule has 1 aliphatic carbocycles. The van der Waals surface area contributed by atoms with Gasteiger partial charge in [-0.2, -0.15) is 13.2 Å². The zero-order valence-corrected chi connectivity index (χ0v) is 23.3. The Balaban J connectivity index is 0.000000559. The number of carbonyl (C=O) groups is 2. The monoisotopic (exact) mass is 600 g/mol. The van der Waals surface area contributed by atoms with Crippen LogP contribution in [0.3, 0.4) is 0 Å². The number of nitrogens with one attached hydrogen (secondary N) is 2. The molecule has 0 spiro atoms. The Bertz CT molecular complexity index is 1470. The Morgan fingerprint density at radius 2 is 1.77 bits per heavy atom. The summed E-state index contributed by atoms with van der Waals surface area (Å²) < 4.78 is 65.5. The second kappa shape index (κ2) is 12.6. The minimum absolute atomic E-state index is 0.0114. The van der Waals surface area contributed by atoms with Crippen molar-refractivity contribution in [2.24, 2.45) is 5.92 Å². The molecule has 0 radical (unpaired) electrons. The van der Waals surface area contributed by atoms with E-state index in [2.05, 4.69) is 20.0 Å². The van der Waals surface area contributed by atoms with Crippen molar-refractivity contribution < 1.29 is 41.0 Å². The first-order chi connectivity index (χ1) is 18.7. The van der Waals surface area contributed by atoms with E-state index < -0.39 is 22.2 Å². The van der Waals surface area contributed by atoms with Gasteiger partial charge in [0.05, 0.1) is 34.5 Å². The van der Waals surface area contributed by atoms with Crippen LogP contribution >= 0.6 is 11.3 Å². The number of rotatable bonds is 7. The molecule has 2 aromatic heterocycles. The van der Waals surface area contributed by atoms with Gasteiger partial charge in [-0.05, 0) is 49.9 Å². The third-order valence-electron chi connectivity index (χ3n) is 5.93. The number of carbonyl (C=O) groups excluding carboxylic acids is 1. The molecule has 10 nitrogen and oxygen atoms in total. The van der Waals surface area contributed by atoms with Gasteiger partial charge in [0.25, 0.3) is 10.0 Å². The molecule has 1 aliphatic rings. The second-order valence-electron chi connectivity index (χ2n) is 8.88. The summed E-state index contributed by atoms with van der Waals surface area (Å²) in [6.07, 6.45) is 0.322. The number of anilines is 2. The third-order valence-corrected chi connectivity index (χ3v) is 8.58. The number of thiazole rings is 1. The van der Waals surface area contributed by atoms with Gasteiger partial charge in [0.15, 0.2) is 5.13 Å². The Hall–Kier alpha value is -3.72. The average Bonchev–Trinajstić information content (AvgIpc) is 3.54. The molecule has 0 saturated heterocycles. The van der Waals surface area contributed by atoms with Gasteiger partial charge in [0.1, 0.15) is 0 Å². The van der Waals surface area contributed by atoms with Gasteiger partial charge < -0.3 is 15.2 Å². The number of hydrogen-bond acceptors (Lipinski definition) is 8. The molecule has 4 rings (SSSR count). The Morgan fingerprint density at radius 3 is 2.33 bits per heavy atom. The fourth-order valence-corrected chi connectivity index (χ4v) is 6.20. The number of alkyl halides is 3. The molecule has 0 unspecified atom stereocenters. The average molecular weight is 601 g/mol. The van der Waals surface area contributed by atoms with E-state index >= 15 is 0 Å². The van der Waals surface area contributed by atoms with E-state index in [-0.39, 0.29) is 16.7 Å². The van der Waals surface area contributed by atoms with Crippen LogP contribution in [0, 0.1) is 19.8 Å². The number of methoxy groups -OCH3 is 1. The van der Waals surface area contributed by atoms with E-state index in [9.17, 15) is 26.4 Å². The van der Waals surface area contributed by atoms with Gasteiger partial charge in [-0.3, -0.25) is 9.52 Å². The first-order valence-corrected chi connectivity index (χ1v) is 14.2. The van der Waals surface area contributed by atoms with Crippen LogP contribution in [0.25, 0.3) is 10.4 Å². The lowest BCUT2D eigenvalue weighted by Gasteiger charge is -2.12. The number of hydrogen-bond donors (Lipinski definition) is 3. The quantitative estimate of drug-likeness (QED) is 0.327. The summed E-state index contributed by atoms with van der Waals surface area (Å²) in [5, 5.41) is 10.6. The molecule has 1 saturated carbocycles. The topological polar surface area (TPSA) is 148 Å². The predicted molar refractivity (Wildman–Crippen MR) is 143 cm³/mol. The number of pyridine rings is 1. The Labute approximate surface area is 232 Å². The van der Waals surface area contributed by atoms with E-state index in [0.29, 0.717) is 22.3 Å². The van der Waals surface area contributed by atoms with Crippen LogP contribution in [-0.4, -0.2) is 48.7 Å². The number of nitrogens with zero attached hydrogens (tertiary/aromatic N) is 2. The maximum atomic E-state index is 13.1.